The standard InChI is InChI=1S/C64H123NO5/c1-4-7-10-13-16-19-22-25-28-31-33-36-39-42-45-48-51-54-57-64(69)70-60(55-52-49-46-43-40-37-34-32-29-26-23-20-17-14-11-8-5-2)58-63(68)65-61(59-66)62(67)56-53-50-47-44-41-38-35-30-27-24-21-18-15-12-9-6-3/h28,31,33,36,60-62,66-67H,4-27,29-30,32,34-35,37-59H2,1-3H3,(H,65,68)/b31-28+,36-33+. The van der Waals surface area contributed by atoms with Crippen molar-refractivity contribution < 1.29 is 24.5 Å². The molecule has 0 aliphatic heterocycles. The summed E-state index contributed by atoms with van der Waals surface area (Å²) >= 11 is 0. The summed E-state index contributed by atoms with van der Waals surface area (Å²) in [7, 11) is 0. The van der Waals surface area contributed by atoms with E-state index in [9.17, 15) is 19.8 Å². The number of carbonyl (C=O) groups excluding carboxylic acids is 2. The molecule has 0 aromatic carbocycles. The molecule has 3 atom stereocenters. The molecule has 0 aromatic rings. The summed E-state index contributed by atoms with van der Waals surface area (Å²) in [5.41, 5.74) is 0. The second-order valence-electron chi connectivity index (χ2n) is 21.9. The second kappa shape index (κ2) is 58.2. The van der Waals surface area contributed by atoms with Crippen LogP contribution in [0, 0.1) is 0 Å². The monoisotopic (exact) mass is 986 g/mol. The van der Waals surface area contributed by atoms with Gasteiger partial charge < -0.3 is 20.3 Å². The Morgan fingerprint density at radius 2 is 0.714 bits per heavy atom. The van der Waals surface area contributed by atoms with Crippen LogP contribution in [0.25, 0.3) is 0 Å². The van der Waals surface area contributed by atoms with Gasteiger partial charge in [-0.3, -0.25) is 9.59 Å². The van der Waals surface area contributed by atoms with Crippen molar-refractivity contribution in [2.75, 3.05) is 6.61 Å². The Morgan fingerprint density at radius 3 is 1.06 bits per heavy atom. The molecular weight excluding hydrogens is 863 g/mol. The van der Waals surface area contributed by atoms with Gasteiger partial charge in [0.05, 0.1) is 25.2 Å². The van der Waals surface area contributed by atoms with Crippen molar-refractivity contribution in [2.45, 2.75) is 366 Å². The fourth-order valence-corrected chi connectivity index (χ4v) is 10.0. The first kappa shape index (κ1) is 68.3. The maximum absolute atomic E-state index is 13.3. The molecule has 0 fully saturated rings. The van der Waals surface area contributed by atoms with Crippen molar-refractivity contribution in [1.29, 1.82) is 0 Å². The lowest BCUT2D eigenvalue weighted by Crippen LogP contribution is -2.46. The summed E-state index contributed by atoms with van der Waals surface area (Å²) in [5.74, 6) is -0.467. The van der Waals surface area contributed by atoms with Crippen LogP contribution in [0.3, 0.4) is 0 Å². The molecule has 3 unspecified atom stereocenters. The molecule has 70 heavy (non-hydrogen) atoms. The Hall–Kier alpha value is -1.66. The molecule has 0 heterocycles. The molecule has 0 saturated heterocycles. The minimum Gasteiger partial charge on any atom is -0.462 e. The third-order valence-corrected chi connectivity index (χ3v) is 14.8. The number of unbranched alkanes of at least 4 members (excludes halogenated alkanes) is 43. The van der Waals surface area contributed by atoms with E-state index in [2.05, 4.69) is 50.4 Å². The smallest absolute Gasteiger partial charge is 0.306 e. The van der Waals surface area contributed by atoms with Crippen LogP contribution in [-0.4, -0.2) is 46.9 Å². The first-order chi connectivity index (χ1) is 34.5. The van der Waals surface area contributed by atoms with Crippen molar-refractivity contribution in [1.82, 2.24) is 5.32 Å². The zero-order chi connectivity index (χ0) is 50.9. The SMILES string of the molecule is CCCCCCCCC/C=C/C=C/CCCCCCCC(=O)OC(CCCCCCCCCCCCCCCCCCC)CC(=O)NC(CO)C(O)CCCCCCCCCCCCCCCCCC. The summed E-state index contributed by atoms with van der Waals surface area (Å²) in [6.07, 6.45) is 69.6. The summed E-state index contributed by atoms with van der Waals surface area (Å²) < 4.78 is 5.98. The van der Waals surface area contributed by atoms with E-state index in [-0.39, 0.29) is 24.9 Å². The highest BCUT2D eigenvalue weighted by molar-refractivity contribution is 5.77. The minimum absolute atomic E-state index is 0.0781. The largest absolute Gasteiger partial charge is 0.462 e. The van der Waals surface area contributed by atoms with Crippen molar-refractivity contribution in [3.05, 3.63) is 24.3 Å². The highest BCUT2D eigenvalue weighted by Gasteiger charge is 2.24. The highest BCUT2D eigenvalue weighted by atomic mass is 16.5. The third kappa shape index (κ3) is 52.7. The van der Waals surface area contributed by atoms with Crippen LogP contribution in [0.1, 0.15) is 348 Å². The Labute approximate surface area is 437 Å². The number of aliphatic hydroxyl groups excluding tert-OH is 2. The van der Waals surface area contributed by atoms with E-state index in [0.717, 1.165) is 51.4 Å². The number of carbonyl (C=O) groups is 2. The van der Waals surface area contributed by atoms with Gasteiger partial charge in [0.15, 0.2) is 0 Å². The number of aliphatic hydroxyl groups is 2. The van der Waals surface area contributed by atoms with Crippen LogP contribution < -0.4 is 5.32 Å². The first-order valence-corrected chi connectivity index (χ1v) is 31.6. The summed E-state index contributed by atoms with van der Waals surface area (Å²) in [4.78, 5) is 26.4. The van der Waals surface area contributed by atoms with Gasteiger partial charge in [0.1, 0.15) is 6.10 Å². The number of rotatable bonds is 58. The van der Waals surface area contributed by atoms with Gasteiger partial charge in [0, 0.05) is 6.42 Å². The second-order valence-corrected chi connectivity index (χ2v) is 21.9. The summed E-state index contributed by atoms with van der Waals surface area (Å²) in [5, 5.41) is 24.0. The number of esters is 1. The van der Waals surface area contributed by atoms with Crippen molar-refractivity contribution in [2.24, 2.45) is 0 Å². The van der Waals surface area contributed by atoms with E-state index >= 15 is 0 Å². The Kier molecular flexibility index (Phi) is 56.9. The fourth-order valence-electron chi connectivity index (χ4n) is 10.0. The van der Waals surface area contributed by atoms with Crippen LogP contribution in [0.2, 0.25) is 0 Å². The normalized spacial score (nSPS) is 13.2. The van der Waals surface area contributed by atoms with E-state index < -0.39 is 18.2 Å². The predicted octanol–water partition coefficient (Wildman–Crippen LogP) is 19.8. The van der Waals surface area contributed by atoms with Crippen LogP contribution in [-0.2, 0) is 14.3 Å². The van der Waals surface area contributed by atoms with Gasteiger partial charge in [-0.1, -0.05) is 308 Å². The zero-order valence-corrected chi connectivity index (χ0v) is 47.4. The Bertz CT molecular complexity index is 1110. The number of allylic oxidation sites excluding steroid dienone is 4. The van der Waals surface area contributed by atoms with Crippen LogP contribution in [0.5, 0.6) is 0 Å². The van der Waals surface area contributed by atoms with Crippen LogP contribution in [0.15, 0.2) is 24.3 Å². The molecular formula is C64H123NO5. The van der Waals surface area contributed by atoms with E-state index in [1.807, 2.05) is 0 Å². The fraction of sp³-hybridized carbons (Fsp3) is 0.906. The van der Waals surface area contributed by atoms with Gasteiger partial charge >= 0.3 is 5.97 Å². The molecule has 0 aliphatic carbocycles. The Balaban J connectivity index is 4.53. The summed E-state index contributed by atoms with van der Waals surface area (Å²) in [6.45, 7) is 6.53. The van der Waals surface area contributed by atoms with Crippen molar-refractivity contribution >= 4 is 11.9 Å². The molecule has 1 amide bonds. The molecule has 6 heteroatoms. The quantitative estimate of drug-likeness (QED) is 0.0321. The van der Waals surface area contributed by atoms with Gasteiger partial charge in [0.25, 0.3) is 0 Å². The van der Waals surface area contributed by atoms with Gasteiger partial charge in [0.2, 0.25) is 5.91 Å². The lowest BCUT2D eigenvalue weighted by Gasteiger charge is -2.24. The number of amides is 1. The molecule has 0 rings (SSSR count). The lowest BCUT2D eigenvalue weighted by molar-refractivity contribution is -0.151. The van der Waals surface area contributed by atoms with E-state index in [1.165, 1.54) is 250 Å². The minimum atomic E-state index is -0.788. The zero-order valence-electron chi connectivity index (χ0n) is 47.4. The molecule has 0 spiro atoms. The number of hydrogen-bond acceptors (Lipinski definition) is 5. The maximum Gasteiger partial charge on any atom is 0.306 e. The Morgan fingerprint density at radius 1 is 0.414 bits per heavy atom. The lowest BCUT2D eigenvalue weighted by atomic mass is 10.0. The molecule has 0 aromatic heterocycles. The topological polar surface area (TPSA) is 95.9 Å². The molecule has 0 saturated carbocycles. The van der Waals surface area contributed by atoms with Crippen LogP contribution >= 0.6 is 0 Å². The molecule has 6 nitrogen and oxygen atoms in total. The number of ether oxygens (including phenoxy) is 1. The predicted molar refractivity (Wildman–Crippen MR) is 306 cm³/mol. The van der Waals surface area contributed by atoms with Gasteiger partial charge in [-0.2, -0.15) is 0 Å². The number of hydrogen-bond donors (Lipinski definition) is 3. The molecule has 0 radical (unpaired) electrons. The van der Waals surface area contributed by atoms with E-state index in [4.69, 9.17) is 4.74 Å². The molecule has 414 valence electrons. The van der Waals surface area contributed by atoms with Gasteiger partial charge in [-0.05, 0) is 51.4 Å². The number of nitrogens with one attached hydrogen (secondary N) is 1. The maximum atomic E-state index is 13.3. The van der Waals surface area contributed by atoms with E-state index in [0.29, 0.717) is 19.3 Å². The summed E-state index contributed by atoms with van der Waals surface area (Å²) in [6, 6.07) is -0.702. The van der Waals surface area contributed by atoms with Crippen LogP contribution in [0.4, 0.5) is 0 Å². The molecule has 0 bridgehead atoms. The average molecular weight is 987 g/mol. The molecule has 0 aliphatic rings. The van der Waals surface area contributed by atoms with Gasteiger partial charge in [-0.15, -0.1) is 0 Å². The van der Waals surface area contributed by atoms with Gasteiger partial charge in [-0.25, -0.2) is 0 Å². The van der Waals surface area contributed by atoms with E-state index in [1.54, 1.807) is 0 Å². The van der Waals surface area contributed by atoms with Crippen molar-refractivity contribution in [3.8, 4) is 0 Å². The third-order valence-electron chi connectivity index (χ3n) is 14.8. The highest BCUT2D eigenvalue weighted by Crippen LogP contribution is 2.19. The average Bonchev–Trinajstić information content (AvgIpc) is 3.35. The first-order valence-electron chi connectivity index (χ1n) is 31.6. The van der Waals surface area contributed by atoms with Crippen molar-refractivity contribution in [3.63, 3.8) is 0 Å². The molecule has 3 N–H and O–H groups in total.